The highest BCUT2D eigenvalue weighted by Gasteiger charge is 2.12. The van der Waals surface area contributed by atoms with E-state index in [0.29, 0.717) is 11.0 Å². The fourth-order valence-corrected chi connectivity index (χ4v) is 1.29. The number of hydrogen-bond donors (Lipinski definition) is 3. The van der Waals surface area contributed by atoms with Gasteiger partial charge in [0.05, 0.1) is 10.4 Å². The number of fused-ring (bicyclic) bond motifs is 2. The van der Waals surface area contributed by atoms with Gasteiger partial charge in [0, 0.05) is 12.1 Å². The Morgan fingerprint density at radius 1 is 1.23 bits per heavy atom. The predicted molar refractivity (Wildman–Crippen MR) is 40.9 cm³/mol. The number of nitrogens with one attached hydrogen (secondary N) is 2. The molecule has 7 nitrogen and oxygen atoms in total. The first-order valence-electron chi connectivity index (χ1n) is 3.65. The average Bonchev–Trinajstić information content (AvgIpc) is 2.70. The molecule has 13 heavy (non-hydrogen) atoms. The standard InChI is InChI=1S/C6H4N6O/c13-12-6-2-4-3(7-10-8-4)1-5(6)9-11-12/h1-2,13H,(H,7,8,10,11)/p+1. The summed E-state index contributed by atoms with van der Waals surface area (Å²) in [7, 11) is 0. The van der Waals surface area contributed by atoms with Gasteiger partial charge in [0.25, 0.3) is 0 Å². The zero-order valence-electron chi connectivity index (χ0n) is 6.39. The lowest BCUT2D eigenvalue weighted by molar-refractivity contribution is -0.930. The van der Waals surface area contributed by atoms with Gasteiger partial charge >= 0.3 is 0 Å². The minimum atomic E-state index is 0.582. The minimum Gasteiger partial charge on any atom is -0.329 e. The summed E-state index contributed by atoms with van der Waals surface area (Å²) in [5.41, 5.74) is 2.79. The molecule has 0 spiro atoms. The van der Waals surface area contributed by atoms with Crippen LogP contribution in [0.15, 0.2) is 12.1 Å². The van der Waals surface area contributed by atoms with Gasteiger partial charge in [-0.1, -0.05) is 5.21 Å². The number of hydrogen-bond acceptors (Lipinski definition) is 4. The van der Waals surface area contributed by atoms with Crippen molar-refractivity contribution >= 4 is 22.1 Å². The Hall–Kier alpha value is -2.18. The summed E-state index contributed by atoms with van der Waals surface area (Å²) >= 11 is 0. The van der Waals surface area contributed by atoms with Gasteiger partial charge in [-0.3, -0.25) is 5.10 Å². The lowest BCUT2D eigenvalue weighted by Crippen LogP contribution is -2.31. The Labute approximate surface area is 70.9 Å². The van der Waals surface area contributed by atoms with E-state index in [1.807, 2.05) is 0 Å². The molecule has 2 heterocycles. The minimum absolute atomic E-state index is 0.582. The normalized spacial score (nSPS) is 11.4. The first kappa shape index (κ1) is 6.35. The number of rotatable bonds is 0. The van der Waals surface area contributed by atoms with Gasteiger partial charge in [-0.15, -0.1) is 10.2 Å². The lowest BCUT2D eigenvalue weighted by Gasteiger charge is -1.83. The Balaban J connectivity index is 2.59. The molecule has 3 N–H and O–H groups in total. The fourth-order valence-electron chi connectivity index (χ4n) is 1.29. The molecular formula is C6H5N6O+. The van der Waals surface area contributed by atoms with Crippen LogP contribution in [0.4, 0.5) is 0 Å². The van der Waals surface area contributed by atoms with Crippen molar-refractivity contribution in [2.24, 2.45) is 0 Å². The van der Waals surface area contributed by atoms with Crippen molar-refractivity contribution in [1.29, 1.82) is 0 Å². The molecule has 0 saturated heterocycles. The van der Waals surface area contributed by atoms with Crippen LogP contribution in [0, 0.1) is 0 Å². The van der Waals surface area contributed by atoms with E-state index in [-0.39, 0.29) is 0 Å². The molecule has 0 unspecified atom stereocenters. The molecule has 1 aromatic carbocycles. The Kier molecular flexibility index (Phi) is 0.950. The molecule has 0 atom stereocenters. The molecule has 3 aromatic rings. The molecule has 0 radical (unpaired) electrons. The van der Waals surface area contributed by atoms with E-state index in [1.165, 1.54) is 0 Å². The molecule has 0 saturated carbocycles. The maximum atomic E-state index is 9.23. The van der Waals surface area contributed by atoms with Crippen LogP contribution in [0.25, 0.3) is 22.1 Å². The predicted octanol–water partition coefficient (Wildman–Crippen LogP) is -0.641. The largest absolute Gasteiger partial charge is 0.329 e. The van der Waals surface area contributed by atoms with Gasteiger partial charge in [-0.2, -0.15) is 0 Å². The third-order valence-corrected chi connectivity index (χ3v) is 1.92. The maximum Gasteiger partial charge on any atom is 0.248 e. The van der Waals surface area contributed by atoms with Crippen molar-refractivity contribution in [3.8, 4) is 0 Å². The van der Waals surface area contributed by atoms with E-state index in [2.05, 4.69) is 25.7 Å². The maximum absolute atomic E-state index is 9.23. The highest BCUT2D eigenvalue weighted by Crippen LogP contribution is 2.13. The molecule has 64 valence electrons. The molecule has 0 bridgehead atoms. The molecule has 0 amide bonds. The van der Waals surface area contributed by atoms with Crippen LogP contribution >= 0.6 is 0 Å². The highest BCUT2D eigenvalue weighted by atomic mass is 16.5. The molecule has 3 rings (SSSR count). The van der Waals surface area contributed by atoms with E-state index >= 15 is 0 Å². The van der Waals surface area contributed by atoms with Crippen molar-refractivity contribution in [1.82, 2.24) is 25.7 Å². The molecule has 7 heteroatoms. The van der Waals surface area contributed by atoms with Gasteiger partial charge < -0.3 is 5.21 Å². The zero-order valence-corrected chi connectivity index (χ0v) is 6.39. The first-order valence-corrected chi connectivity index (χ1v) is 3.65. The van der Waals surface area contributed by atoms with Crippen molar-refractivity contribution in [2.75, 3.05) is 0 Å². The number of aromatic nitrogens is 6. The van der Waals surface area contributed by atoms with Crippen LogP contribution < -0.4 is 4.85 Å². The molecule has 2 aromatic heterocycles. The lowest BCUT2D eigenvalue weighted by atomic mass is 10.3. The van der Waals surface area contributed by atoms with Gasteiger partial charge in [0.1, 0.15) is 10.7 Å². The van der Waals surface area contributed by atoms with Crippen molar-refractivity contribution < 1.29 is 10.1 Å². The summed E-state index contributed by atoms with van der Waals surface area (Å²) in [5.74, 6) is 0. The second-order valence-corrected chi connectivity index (χ2v) is 2.70. The average molecular weight is 177 g/mol. The Morgan fingerprint density at radius 3 is 3.08 bits per heavy atom. The van der Waals surface area contributed by atoms with Crippen LogP contribution in [0.5, 0.6) is 0 Å². The number of aromatic amines is 2. The van der Waals surface area contributed by atoms with Crippen LogP contribution in [-0.4, -0.2) is 30.9 Å². The second-order valence-electron chi connectivity index (χ2n) is 2.70. The topological polar surface area (TPSA) is 94.4 Å². The van der Waals surface area contributed by atoms with E-state index < -0.39 is 0 Å². The van der Waals surface area contributed by atoms with E-state index in [9.17, 15) is 5.21 Å². The fraction of sp³-hybridized carbons (Fsp3) is 0. The molecule has 0 aliphatic heterocycles. The molecule has 0 aliphatic rings. The smallest absolute Gasteiger partial charge is 0.248 e. The van der Waals surface area contributed by atoms with E-state index in [1.54, 1.807) is 12.1 Å². The summed E-state index contributed by atoms with van der Waals surface area (Å²) in [6, 6.07) is 3.47. The van der Waals surface area contributed by atoms with E-state index in [4.69, 9.17) is 0 Å². The van der Waals surface area contributed by atoms with Crippen molar-refractivity contribution in [3.63, 3.8) is 0 Å². The van der Waals surface area contributed by atoms with Crippen LogP contribution in [-0.2, 0) is 0 Å². The molecular weight excluding hydrogens is 172 g/mol. The van der Waals surface area contributed by atoms with Crippen LogP contribution in [0.2, 0.25) is 0 Å². The quantitative estimate of drug-likeness (QED) is 0.314. The van der Waals surface area contributed by atoms with Gasteiger partial charge in [-0.05, 0) is 0 Å². The summed E-state index contributed by atoms with van der Waals surface area (Å²) in [4.78, 5) is 0.773. The number of nitrogens with zero attached hydrogens (tertiary/aromatic N) is 4. The third-order valence-electron chi connectivity index (χ3n) is 1.92. The Morgan fingerprint density at radius 2 is 2.15 bits per heavy atom. The summed E-state index contributed by atoms with van der Waals surface area (Å²) in [6.07, 6.45) is 0. The highest BCUT2D eigenvalue weighted by molar-refractivity contribution is 5.88. The summed E-state index contributed by atoms with van der Waals surface area (Å²) < 4.78 is 0. The van der Waals surface area contributed by atoms with Crippen molar-refractivity contribution in [3.05, 3.63) is 12.1 Å². The zero-order chi connectivity index (χ0) is 8.84. The number of H-pyrrole nitrogens is 2. The summed E-state index contributed by atoms with van der Waals surface area (Å²) in [6.45, 7) is 0. The van der Waals surface area contributed by atoms with Crippen LogP contribution in [0.1, 0.15) is 0 Å². The van der Waals surface area contributed by atoms with Gasteiger partial charge in [0.15, 0.2) is 0 Å². The Bertz CT molecular complexity index is 581. The third kappa shape index (κ3) is 0.723. The molecule has 0 fully saturated rings. The van der Waals surface area contributed by atoms with E-state index in [0.717, 1.165) is 15.9 Å². The van der Waals surface area contributed by atoms with Crippen molar-refractivity contribution in [2.45, 2.75) is 0 Å². The first-order chi connectivity index (χ1) is 6.34. The van der Waals surface area contributed by atoms with Gasteiger partial charge in [0.2, 0.25) is 11.0 Å². The SMILES string of the molecule is O[n+]1n[nH]c2cc3nn[nH]c3cc21. The summed E-state index contributed by atoms with van der Waals surface area (Å²) in [5, 5.41) is 25.6. The van der Waals surface area contributed by atoms with Crippen LogP contribution in [0.3, 0.4) is 0 Å². The molecule has 0 aliphatic carbocycles. The number of benzene rings is 1. The van der Waals surface area contributed by atoms with Gasteiger partial charge in [-0.25, -0.2) is 0 Å². The second kappa shape index (κ2) is 1.94. The monoisotopic (exact) mass is 177 g/mol.